The number of hydrogen-bond donors (Lipinski definition) is 1. The van der Waals surface area contributed by atoms with Gasteiger partial charge in [-0.15, -0.1) is 10.2 Å². The third-order valence-electron chi connectivity index (χ3n) is 5.31. The van der Waals surface area contributed by atoms with Crippen LogP contribution in [0.4, 0.5) is 0 Å². The average Bonchev–Trinajstić information content (AvgIpc) is 3.28. The predicted molar refractivity (Wildman–Crippen MR) is 125 cm³/mol. The van der Waals surface area contributed by atoms with Crippen LogP contribution in [0.5, 0.6) is 5.75 Å². The molecular weight excluding hydrogens is 420 g/mol. The van der Waals surface area contributed by atoms with E-state index in [1.54, 1.807) is 0 Å². The maximum atomic E-state index is 12.8. The third-order valence-corrected chi connectivity index (χ3v) is 6.23. The van der Waals surface area contributed by atoms with E-state index in [4.69, 9.17) is 4.74 Å². The largest absolute Gasteiger partial charge is 0.493 e. The van der Waals surface area contributed by atoms with Crippen molar-refractivity contribution in [3.63, 3.8) is 0 Å². The van der Waals surface area contributed by atoms with Crippen LogP contribution >= 0.6 is 11.8 Å². The first kappa shape index (κ1) is 20.3. The van der Waals surface area contributed by atoms with Crippen molar-refractivity contribution in [1.29, 1.82) is 0 Å². The minimum atomic E-state index is -0.0417. The van der Waals surface area contributed by atoms with Gasteiger partial charge in [0.15, 0.2) is 11.0 Å². The number of hydrogen-bond acceptors (Lipinski definition) is 5. The molecule has 0 unspecified atom stereocenters. The van der Waals surface area contributed by atoms with E-state index < -0.39 is 0 Å². The quantitative estimate of drug-likeness (QED) is 0.440. The molecule has 0 spiro atoms. The van der Waals surface area contributed by atoms with Gasteiger partial charge in [-0.3, -0.25) is 9.36 Å². The second-order valence-corrected chi connectivity index (χ2v) is 8.37. The molecular formula is C25H22N4O2S. The highest BCUT2D eigenvalue weighted by Gasteiger charge is 2.23. The fourth-order valence-electron chi connectivity index (χ4n) is 3.81. The zero-order valence-corrected chi connectivity index (χ0v) is 18.2. The van der Waals surface area contributed by atoms with Gasteiger partial charge in [0.05, 0.1) is 18.4 Å². The number of carbonyl (C=O) groups is 1. The number of benzene rings is 3. The average molecular weight is 443 g/mol. The standard InChI is InChI=1S/C25H22N4O2S/c30-23(26-21-15-16-31-22-14-8-7-13-20(21)22)17-32-25-28-27-24(18-9-3-1-4-10-18)29(25)19-11-5-2-6-12-19/h1-14,21H,15-17H2,(H,26,30)/t21-/m0/s1. The molecule has 1 aromatic heterocycles. The molecule has 0 bridgehead atoms. The van der Waals surface area contributed by atoms with Crippen LogP contribution in [0.25, 0.3) is 17.1 Å². The summed E-state index contributed by atoms with van der Waals surface area (Å²) in [6.07, 6.45) is 0.756. The summed E-state index contributed by atoms with van der Waals surface area (Å²) in [6, 6.07) is 27.7. The lowest BCUT2D eigenvalue weighted by molar-refractivity contribution is -0.119. The van der Waals surface area contributed by atoms with Crippen LogP contribution in [0.3, 0.4) is 0 Å². The number of nitrogens with one attached hydrogen (secondary N) is 1. The van der Waals surface area contributed by atoms with Gasteiger partial charge in [0.25, 0.3) is 0 Å². The van der Waals surface area contributed by atoms with Gasteiger partial charge in [0.1, 0.15) is 5.75 Å². The fraction of sp³-hybridized carbons (Fsp3) is 0.160. The van der Waals surface area contributed by atoms with Gasteiger partial charge in [0.2, 0.25) is 5.91 Å². The topological polar surface area (TPSA) is 69.0 Å². The molecule has 4 aromatic rings. The second kappa shape index (κ2) is 9.28. The van der Waals surface area contributed by atoms with Crippen molar-refractivity contribution in [2.75, 3.05) is 12.4 Å². The molecule has 6 nitrogen and oxygen atoms in total. The molecule has 3 aromatic carbocycles. The Balaban J connectivity index is 1.35. The van der Waals surface area contributed by atoms with E-state index >= 15 is 0 Å². The number of rotatable bonds is 6. The Kier molecular flexibility index (Phi) is 5.89. The highest BCUT2D eigenvalue weighted by Crippen LogP contribution is 2.32. The molecule has 7 heteroatoms. The van der Waals surface area contributed by atoms with Gasteiger partial charge >= 0.3 is 0 Å². The fourth-order valence-corrected chi connectivity index (χ4v) is 4.57. The summed E-state index contributed by atoms with van der Waals surface area (Å²) in [5.74, 6) is 1.80. The number of fused-ring (bicyclic) bond motifs is 1. The second-order valence-electron chi connectivity index (χ2n) is 7.43. The first-order chi connectivity index (χ1) is 15.8. The molecule has 1 atom stereocenters. The summed E-state index contributed by atoms with van der Waals surface area (Å²) in [6.45, 7) is 0.595. The molecule has 0 saturated carbocycles. The molecule has 0 saturated heterocycles. The molecule has 32 heavy (non-hydrogen) atoms. The van der Waals surface area contributed by atoms with Crippen LogP contribution in [0, 0.1) is 0 Å². The first-order valence-corrected chi connectivity index (χ1v) is 11.5. The zero-order chi connectivity index (χ0) is 21.8. The number of thioether (sulfide) groups is 1. The lowest BCUT2D eigenvalue weighted by atomic mass is 10.0. The van der Waals surface area contributed by atoms with E-state index in [0.29, 0.717) is 11.8 Å². The van der Waals surface area contributed by atoms with Gasteiger partial charge in [-0.2, -0.15) is 0 Å². The summed E-state index contributed by atoms with van der Waals surface area (Å²) in [5, 5.41) is 12.7. The van der Waals surface area contributed by atoms with E-state index in [0.717, 1.165) is 34.8 Å². The van der Waals surface area contributed by atoms with Crippen molar-refractivity contribution < 1.29 is 9.53 Å². The summed E-state index contributed by atoms with van der Waals surface area (Å²) in [5.41, 5.74) is 2.95. The van der Waals surface area contributed by atoms with Crippen LogP contribution in [0.15, 0.2) is 90.1 Å². The van der Waals surface area contributed by atoms with Gasteiger partial charge in [0, 0.05) is 23.2 Å². The molecule has 0 aliphatic carbocycles. The third kappa shape index (κ3) is 4.24. The Morgan fingerprint density at radius 2 is 1.69 bits per heavy atom. The summed E-state index contributed by atoms with van der Waals surface area (Å²) >= 11 is 1.38. The minimum Gasteiger partial charge on any atom is -0.493 e. The molecule has 5 rings (SSSR count). The maximum Gasteiger partial charge on any atom is 0.230 e. The Morgan fingerprint density at radius 1 is 0.969 bits per heavy atom. The van der Waals surface area contributed by atoms with Crippen molar-refractivity contribution in [2.24, 2.45) is 0 Å². The van der Waals surface area contributed by atoms with Crippen molar-refractivity contribution >= 4 is 17.7 Å². The highest BCUT2D eigenvalue weighted by atomic mass is 32.2. The first-order valence-electron chi connectivity index (χ1n) is 10.5. The van der Waals surface area contributed by atoms with Crippen molar-refractivity contribution in [3.8, 4) is 22.8 Å². The number of amides is 1. The molecule has 0 radical (unpaired) electrons. The van der Waals surface area contributed by atoms with Crippen LogP contribution in [-0.4, -0.2) is 33.0 Å². The van der Waals surface area contributed by atoms with Gasteiger partial charge in [-0.25, -0.2) is 0 Å². The van der Waals surface area contributed by atoms with Gasteiger partial charge in [-0.05, 0) is 18.2 Å². The van der Waals surface area contributed by atoms with Crippen LogP contribution < -0.4 is 10.1 Å². The minimum absolute atomic E-state index is 0.0411. The number of aromatic nitrogens is 3. The zero-order valence-electron chi connectivity index (χ0n) is 17.3. The predicted octanol–water partition coefficient (Wildman–Crippen LogP) is 4.67. The van der Waals surface area contributed by atoms with Gasteiger partial charge < -0.3 is 10.1 Å². The van der Waals surface area contributed by atoms with Crippen LogP contribution in [0.1, 0.15) is 18.0 Å². The molecule has 2 heterocycles. The normalized spacial score (nSPS) is 14.9. The SMILES string of the molecule is O=C(CSc1nnc(-c2ccccc2)n1-c1ccccc1)N[C@H]1CCOc2ccccc21. The Bertz CT molecular complexity index is 1210. The van der Waals surface area contributed by atoms with E-state index in [1.807, 2.05) is 89.5 Å². The lowest BCUT2D eigenvalue weighted by Crippen LogP contribution is -2.33. The molecule has 1 amide bonds. The number of carbonyl (C=O) groups excluding carboxylic acids is 1. The van der Waals surface area contributed by atoms with Crippen LogP contribution in [0.2, 0.25) is 0 Å². The van der Waals surface area contributed by atoms with E-state index in [-0.39, 0.29) is 17.7 Å². The molecule has 1 aliphatic rings. The maximum absolute atomic E-state index is 12.8. The molecule has 1 N–H and O–H groups in total. The Hall–Kier alpha value is -3.58. The Morgan fingerprint density at radius 3 is 2.50 bits per heavy atom. The smallest absolute Gasteiger partial charge is 0.230 e. The number of para-hydroxylation sites is 2. The molecule has 160 valence electrons. The van der Waals surface area contributed by atoms with Crippen molar-refractivity contribution in [2.45, 2.75) is 17.6 Å². The van der Waals surface area contributed by atoms with Gasteiger partial charge in [-0.1, -0.05) is 78.5 Å². The number of nitrogens with zero attached hydrogens (tertiary/aromatic N) is 3. The number of ether oxygens (including phenoxy) is 1. The molecule has 1 aliphatic heterocycles. The summed E-state index contributed by atoms with van der Waals surface area (Å²) in [4.78, 5) is 12.8. The van der Waals surface area contributed by atoms with E-state index in [2.05, 4.69) is 15.5 Å². The summed E-state index contributed by atoms with van der Waals surface area (Å²) in [7, 11) is 0. The van der Waals surface area contributed by atoms with E-state index in [9.17, 15) is 4.79 Å². The monoisotopic (exact) mass is 442 g/mol. The highest BCUT2D eigenvalue weighted by molar-refractivity contribution is 7.99. The van der Waals surface area contributed by atoms with Crippen LogP contribution in [-0.2, 0) is 4.79 Å². The summed E-state index contributed by atoms with van der Waals surface area (Å²) < 4.78 is 7.69. The van der Waals surface area contributed by atoms with Crippen molar-refractivity contribution in [1.82, 2.24) is 20.1 Å². The van der Waals surface area contributed by atoms with Crippen molar-refractivity contribution in [3.05, 3.63) is 90.5 Å². The lowest BCUT2D eigenvalue weighted by Gasteiger charge is -2.26. The Labute approximate surface area is 190 Å². The van der Waals surface area contributed by atoms with E-state index in [1.165, 1.54) is 11.8 Å². The molecule has 0 fully saturated rings.